The molecule has 0 radical (unpaired) electrons. The maximum atomic E-state index is 8.91. The molecule has 1 aliphatic rings. The highest BCUT2D eigenvalue weighted by atomic mass is 32.1. The summed E-state index contributed by atoms with van der Waals surface area (Å²) in [6.45, 7) is 1.83. The summed E-state index contributed by atoms with van der Waals surface area (Å²) in [6, 6.07) is 17.9. The summed E-state index contributed by atoms with van der Waals surface area (Å²) in [5.41, 5.74) is 3.97. The minimum Gasteiger partial charge on any atom is -0.370 e. The lowest BCUT2D eigenvalue weighted by Crippen LogP contribution is -2.31. The number of benzene rings is 2. The van der Waals surface area contributed by atoms with Crippen LogP contribution in [0.5, 0.6) is 0 Å². The third-order valence-electron chi connectivity index (χ3n) is 3.76. The number of thiol groups is 1. The molecule has 0 saturated heterocycles. The van der Waals surface area contributed by atoms with E-state index in [4.69, 9.17) is 17.9 Å². The standard InChI is InChI=1S/C18H17N3S/c19-12-13-6-8-14(9-7-13)17(22)15-4-1-2-5-16(15)18-20-10-3-11-21-18/h1-2,4-9,17,22H,3,10-11H2,(H,20,21). The molecular formula is C18H17N3S. The number of hydrogen-bond donors (Lipinski definition) is 2. The first kappa shape index (κ1) is 14.7. The van der Waals surface area contributed by atoms with Gasteiger partial charge in [0.1, 0.15) is 5.84 Å². The first-order valence-electron chi connectivity index (χ1n) is 7.35. The van der Waals surface area contributed by atoms with Gasteiger partial charge in [0, 0.05) is 18.7 Å². The van der Waals surface area contributed by atoms with E-state index < -0.39 is 0 Å². The Hall–Kier alpha value is -2.25. The molecule has 1 atom stereocenters. The van der Waals surface area contributed by atoms with Gasteiger partial charge in [-0.1, -0.05) is 36.4 Å². The maximum absolute atomic E-state index is 8.91. The van der Waals surface area contributed by atoms with E-state index >= 15 is 0 Å². The lowest BCUT2D eigenvalue weighted by Gasteiger charge is -2.20. The molecule has 0 amide bonds. The number of aliphatic imine (C=N–C) groups is 1. The predicted octanol–water partition coefficient (Wildman–Crippen LogP) is 3.32. The zero-order chi connectivity index (χ0) is 15.4. The van der Waals surface area contributed by atoms with Crippen LogP contribution in [0.2, 0.25) is 0 Å². The average Bonchev–Trinajstić information content (AvgIpc) is 2.62. The van der Waals surface area contributed by atoms with Crippen LogP contribution in [0.1, 0.15) is 33.9 Å². The second-order valence-electron chi connectivity index (χ2n) is 5.23. The van der Waals surface area contributed by atoms with Gasteiger partial charge in [0.25, 0.3) is 0 Å². The van der Waals surface area contributed by atoms with Crippen molar-refractivity contribution in [2.45, 2.75) is 11.7 Å². The highest BCUT2D eigenvalue weighted by Crippen LogP contribution is 2.31. The Morgan fingerprint density at radius 1 is 1.14 bits per heavy atom. The highest BCUT2D eigenvalue weighted by Gasteiger charge is 2.17. The summed E-state index contributed by atoms with van der Waals surface area (Å²) < 4.78 is 0. The summed E-state index contributed by atoms with van der Waals surface area (Å²) in [7, 11) is 0. The van der Waals surface area contributed by atoms with E-state index in [-0.39, 0.29) is 5.25 Å². The fourth-order valence-electron chi connectivity index (χ4n) is 2.58. The molecule has 1 heterocycles. The lowest BCUT2D eigenvalue weighted by molar-refractivity contribution is 0.741. The van der Waals surface area contributed by atoms with Crippen molar-refractivity contribution in [3.05, 3.63) is 70.8 Å². The van der Waals surface area contributed by atoms with Gasteiger partial charge in [-0.05, 0) is 29.7 Å². The van der Waals surface area contributed by atoms with Crippen molar-refractivity contribution in [1.82, 2.24) is 5.32 Å². The van der Waals surface area contributed by atoms with Crippen LogP contribution in [0.4, 0.5) is 0 Å². The minimum atomic E-state index is -0.0460. The summed E-state index contributed by atoms with van der Waals surface area (Å²) in [5.74, 6) is 0.953. The van der Waals surface area contributed by atoms with Gasteiger partial charge in [0.05, 0.1) is 16.9 Å². The largest absolute Gasteiger partial charge is 0.370 e. The zero-order valence-corrected chi connectivity index (χ0v) is 13.1. The minimum absolute atomic E-state index is 0.0460. The second-order valence-corrected chi connectivity index (χ2v) is 5.75. The third-order valence-corrected chi connectivity index (χ3v) is 4.34. The SMILES string of the molecule is N#Cc1ccc(C(S)c2ccccc2C2=NCCCN2)cc1. The van der Waals surface area contributed by atoms with E-state index in [1.807, 2.05) is 36.4 Å². The number of nitrogens with zero attached hydrogens (tertiary/aromatic N) is 2. The van der Waals surface area contributed by atoms with Crippen molar-refractivity contribution < 1.29 is 0 Å². The Labute approximate surface area is 136 Å². The first-order valence-corrected chi connectivity index (χ1v) is 7.87. The van der Waals surface area contributed by atoms with Crippen LogP contribution in [-0.2, 0) is 0 Å². The third kappa shape index (κ3) is 3.00. The molecule has 1 unspecified atom stereocenters. The maximum Gasteiger partial charge on any atom is 0.128 e. The van der Waals surface area contributed by atoms with E-state index in [9.17, 15) is 0 Å². The predicted molar refractivity (Wildman–Crippen MR) is 92.5 cm³/mol. The van der Waals surface area contributed by atoms with E-state index in [0.717, 1.165) is 42.0 Å². The number of nitrogens with one attached hydrogen (secondary N) is 1. The molecule has 0 aliphatic carbocycles. The van der Waals surface area contributed by atoms with Crippen LogP contribution in [-0.4, -0.2) is 18.9 Å². The number of rotatable bonds is 3. The van der Waals surface area contributed by atoms with Gasteiger partial charge in [0.15, 0.2) is 0 Å². The van der Waals surface area contributed by atoms with Gasteiger partial charge in [-0.2, -0.15) is 17.9 Å². The summed E-state index contributed by atoms with van der Waals surface area (Å²) >= 11 is 4.80. The fourth-order valence-corrected chi connectivity index (χ4v) is 2.98. The van der Waals surface area contributed by atoms with Crippen molar-refractivity contribution >= 4 is 18.5 Å². The number of amidine groups is 1. The van der Waals surface area contributed by atoms with E-state index in [1.54, 1.807) is 0 Å². The first-order chi connectivity index (χ1) is 10.8. The molecule has 2 aromatic rings. The Kier molecular flexibility index (Phi) is 4.45. The van der Waals surface area contributed by atoms with Crippen LogP contribution in [0.15, 0.2) is 53.5 Å². The topological polar surface area (TPSA) is 48.2 Å². The summed E-state index contributed by atoms with van der Waals surface area (Å²) in [5, 5.41) is 12.2. The van der Waals surface area contributed by atoms with Crippen LogP contribution < -0.4 is 5.32 Å². The molecule has 3 nitrogen and oxygen atoms in total. The van der Waals surface area contributed by atoms with Gasteiger partial charge >= 0.3 is 0 Å². The normalized spacial score (nSPS) is 15.4. The Balaban J connectivity index is 1.96. The molecule has 2 aromatic carbocycles. The van der Waals surface area contributed by atoms with Crippen LogP contribution in [0, 0.1) is 11.3 Å². The fraction of sp³-hybridized carbons (Fsp3) is 0.222. The smallest absolute Gasteiger partial charge is 0.128 e. The van der Waals surface area contributed by atoms with Crippen molar-refractivity contribution in [3.63, 3.8) is 0 Å². The van der Waals surface area contributed by atoms with Crippen LogP contribution >= 0.6 is 12.6 Å². The van der Waals surface area contributed by atoms with Gasteiger partial charge in [-0.3, -0.25) is 4.99 Å². The van der Waals surface area contributed by atoms with E-state index in [1.165, 1.54) is 0 Å². The zero-order valence-electron chi connectivity index (χ0n) is 12.2. The molecule has 0 spiro atoms. The molecule has 1 aliphatic heterocycles. The molecular weight excluding hydrogens is 290 g/mol. The Morgan fingerprint density at radius 3 is 2.59 bits per heavy atom. The molecule has 22 heavy (non-hydrogen) atoms. The Morgan fingerprint density at radius 2 is 1.91 bits per heavy atom. The second kappa shape index (κ2) is 6.67. The van der Waals surface area contributed by atoms with E-state index in [0.29, 0.717) is 5.56 Å². The summed E-state index contributed by atoms with van der Waals surface area (Å²) in [6.07, 6.45) is 1.07. The van der Waals surface area contributed by atoms with E-state index in [2.05, 4.69) is 28.5 Å². The molecule has 3 rings (SSSR count). The van der Waals surface area contributed by atoms with Crippen molar-refractivity contribution in [2.24, 2.45) is 4.99 Å². The molecule has 0 aromatic heterocycles. The van der Waals surface area contributed by atoms with Gasteiger partial charge in [-0.15, -0.1) is 0 Å². The van der Waals surface area contributed by atoms with Crippen molar-refractivity contribution in [3.8, 4) is 6.07 Å². The lowest BCUT2D eigenvalue weighted by atomic mass is 9.97. The Bertz CT molecular complexity index is 729. The van der Waals surface area contributed by atoms with Gasteiger partial charge in [-0.25, -0.2) is 0 Å². The monoisotopic (exact) mass is 307 g/mol. The highest BCUT2D eigenvalue weighted by molar-refractivity contribution is 7.80. The molecule has 4 heteroatoms. The quantitative estimate of drug-likeness (QED) is 0.855. The molecule has 0 fully saturated rings. The van der Waals surface area contributed by atoms with Crippen LogP contribution in [0.25, 0.3) is 0 Å². The van der Waals surface area contributed by atoms with Crippen LogP contribution in [0.3, 0.4) is 0 Å². The average molecular weight is 307 g/mol. The molecule has 0 bridgehead atoms. The van der Waals surface area contributed by atoms with Crippen molar-refractivity contribution in [1.29, 1.82) is 5.26 Å². The molecule has 110 valence electrons. The van der Waals surface area contributed by atoms with Gasteiger partial charge in [0.2, 0.25) is 0 Å². The summed E-state index contributed by atoms with van der Waals surface area (Å²) in [4.78, 5) is 4.59. The van der Waals surface area contributed by atoms with Crippen molar-refractivity contribution in [2.75, 3.05) is 13.1 Å². The van der Waals surface area contributed by atoms with Gasteiger partial charge < -0.3 is 5.32 Å². The molecule has 0 saturated carbocycles. The number of hydrogen-bond acceptors (Lipinski definition) is 4. The number of nitriles is 1. The molecule has 1 N–H and O–H groups in total.